The number of hydrogen-bond acceptors (Lipinski definition) is 2. The summed E-state index contributed by atoms with van der Waals surface area (Å²) in [4.78, 5) is 12.2. The minimum absolute atomic E-state index is 0.0501. The summed E-state index contributed by atoms with van der Waals surface area (Å²) in [7, 11) is 0. The van der Waals surface area contributed by atoms with Gasteiger partial charge in [0.05, 0.1) is 5.54 Å². The molecule has 108 valence electrons. The summed E-state index contributed by atoms with van der Waals surface area (Å²) in [5, 5.41) is 3.10. The van der Waals surface area contributed by atoms with E-state index in [9.17, 15) is 9.18 Å². The molecule has 20 heavy (non-hydrogen) atoms. The Morgan fingerprint density at radius 2 is 2.20 bits per heavy atom. The number of halogens is 1. The Morgan fingerprint density at radius 1 is 1.40 bits per heavy atom. The molecule has 0 unspecified atom stereocenters. The number of nitrogens with two attached hydrogens (primary N) is 1. The van der Waals surface area contributed by atoms with Gasteiger partial charge in [0.25, 0.3) is 0 Å². The zero-order chi connectivity index (χ0) is 14.2. The first-order valence-corrected chi connectivity index (χ1v) is 7.42. The van der Waals surface area contributed by atoms with Gasteiger partial charge in [0.1, 0.15) is 5.82 Å². The minimum Gasteiger partial charge on any atom is -0.347 e. The fraction of sp³-hybridized carbons (Fsp3) is 0.562. The van der Waals surface area contributed by atoms with Crippen molar-refractivity contribution >= 4 is 5.91 Å². The van der Waals surface area contributed by atoms with E-state index in [0.717, 1.165) is 37.7 Å². The monoisotopic (exact) mass is 276 g/mol. The second-order valence-electron chi connectivity index (χ2n) is 6.20. The molecule has 3 rings (SSSR count). The molecule has 0 heterocycles. The van der Waals surface area contributed by atoms with Crippen molar-refractivity contribution in [2.45, 2.75) is 50.1 Å². The van der Waals surface area contributed by atoms with Gasteiger partial charge < -0.3 is 11.1 Å². The van der Waals surface area contributed by atoms with Gasteiger partial charge >= 0.3 is 0 Å². The lowest BCUT2D eigenvalue weighted by molar-refractivity contribution is -0.123. The molecular formula is C16H21FN2O. The van der Waals surface area contributed by atoms with E-state index in [4.69, 9.17) is 5.73 Å². The van der Waals surface area contributed by atoms with E-state index < -0.39 is 0 Å². The molecule has 0 aromatic heterocycles. The smallest absolute Gasteiger partial charge is 0.221 e. The molecule has 0 aliphatic heterocycles. The molecule has 2 fully saturated rings. The molecular weight excluding hydrogens is 255 g/mol. The van der Waals surface area contributed by atoms with E-state index in [2.05, 4.69) is 5.32 Å². The molecule has 0 saturated heterocycles. The summed E-state index contributed by atoms with van der Waals surface area (Å²) in [6.45, 7) is 0. The van der Waals surface area contributed by atoms with Gasteiger partial charge in [-0.05, 0) is 49.3 Å². The molecule has 0 radical (unpaired) electrons. The summed E-state index contributed by atoms with van der Waals surface area (Å²) in [5.74, 6) is 0.105. The molecule has 2 aliphatic carbocycles. The Labute approximate surface area is 118 Å². The molecule has 4 heteroatoms. The van der Waals surface area contributed by atoms with Crippen molar-refractivity contribution in [2.24, 2.45) is 11.7 Å². The van der Waals surface area contributed by atoms with Crippen LogP contribution in [0.3, 0.4) is 0 Å². The number of carbonyl (C=O) groups is 1. The van der Waals surface area contributed by atoms with Crippen molar-refractivity contribution in [1.82, 2.24) is 5.32 Å². The van der Waals surface area contributed by atoms with Gasteiger partial charge in [0, 0.05) is 12.5 Å². The van der Waals surface area contributed by atoms with Crippen molar-refractivity contribution in [2.75, 3.05) is 0 Å². The third-order valence-corrected chi connectivity index (χ3v) is 4.67. The molecule has 1 amide bonds. The Kier molecular flexibility index (Phi) is 3.50. The van der Waals surface area contributed by atoms with Gasteiger partial charge in [-0.3, -0.25) is 4.79 Å². The van der Waals surface area contributed by atoms with E-state index in [0.29, 0.717) is 12.3 Å². The van der Waals surface area contributed by atoms with Gasteiger partial charge in [0.2, 0.25) is 5.91 Å². The fourth-order valence-corrected chi connectivity index (χ4v) is 3.27. The van der Waals surface area contributed by atoms with Crippen LogP contribution in [0.25, 0.3) is 0 Å². The summed E-state index contributed by atoms with van der Waals surface area (Å²) in [5.41, 5.74) is 6.55. The maximum absolute atomic E-state index is 13.3. The maximum Gasteiger partial charge on any atom is 0.221 e. The molecule has 3 nitrogen and oxygen atoms in total. The average Bonchev–Trinajstić information content (AvgIpc) is 3.08. The van der Waals surface area contributed by atoms with Crippen LogP contribution in [0.4, 0.5) is 4.39 Å². The van der Waals surface area contributed by atoms with Crippen LogP contribution in [0.2, 0.25) is 0 Å². The molecule has 3 N–H and O–H groups in total. The Bertz CT molecular complexity index is 513. The van der Waals surface area contributed by atoms with E-state index >= 15 is 0 Å². The van der Waals surface area contributed by atoms with E-state index in [1.807, 2.05) is 6.07 Å². The van der Waals surface area contributed by atoms with Crippen LogP contribution in [0.5, 0.6) is 0 Å². The summed E-state index contributed by atoms with van der Waals surface area (Å²) < 4.78 is 13.3. The van der Waals surface area contributed by atoms with E-state index in [1.54, 1.807) is 6.07 Å². The van der Waals surface area contributed by atoms with Gasteiger partial charge in [-0.2, -0.15) is 0 Å². The number of amides is 1. The van der Waals surface area contributed by atoms with Crippen molar-refractivity contribution < 1.29 is 9.18 Å². The molecule has 0 spiro atoms. The molecule has 2 saturated carbocycles. The zero-order valence-corrected chi connectivity index (χ0v) is 11.6. The van der Waals surface area contributed by atoms with Crippen LogP contribution in [0.1, 0.15) is 44.1 Å². The SMILES string of the molecule is N[C@@H]1CCC[C@H]1CC(=O)NC1(c2cccc(F)c2)CC1. The molecule has 0 bridgehead atoms. The second-order valence-corrected chi connectivity index (χ2v) is 6.20. The van der Waals surface area contributed by atoms with Crippen molar-refractivity contribution in [3.05, 3.63) is 35.6 Å². The highest BCUT2D eigenvalue weighted by molar-refractivity contribution is 5.78. The van der Waals surface area contributed by atoms with Crippen LogP contribution in [-0.2, 0) is 10.3 Å². The predicted molar refractivity (Wildman–Crippen MR) is 75.4 cm³/mol. The van der Waals surface area contributed by atoms with Crippen LogP contribution in [0.15, 0.2) is 24.3 Å². The molecule has 1 aromatic carbocycles. The maximum atomic E-state index is 13.3. The number of carbonyl (C=O) groups excluding carboxylic acids is 1. The van der Waals surface area contributed by atoms with Crippen LogP contribution in [0, 0.1) is 11.7 Å². The van der Waals surface area contributed by atoms with Crippen molar-refractivity contribution in [3.8, 4) is 0 Å². The lowest BCUT2D eigenvalue weighted by Crippen LogP contribution is -2.37. The summed E-state index contributed by atoms with van der Waals surface area (Å²) in [6.07, 6.45) is 5.46. The van der Waals surface area contributed by atoms with Crippen LogP contribution in [-0.4, -0.2) is 11.9 Å². The Morgan fingerprint density at radius 3 is 2.80 bits per heavy atom. The number of benzene rings is 1. The topological polar surface area (TPSA) is 55.1 Å². The zero-order valence-electron chi connectivity index (χ0n) is 11.6. The first-order valence-electron chi connectivity index (χ1n) is 7.42. The number of nitrogens with one attached hydrogen (secondary N) is 1. The third-order valence-electron chi connectivity index (χ3n) is 4.67. The summed E-state index contributed by atoms with van der Waals surface area (Å²) >= 11 is 0. The summed E-state index contributed by atoms with van der Waals surface area (Å²) in [6, 6.07) is 6.69. The number of hydrogen-bond donors (Lipinski definition) is 2. The van der Waals surface area contributed by atoms with Gasteiger partial charge in [-0.1, -0.05) is 18.6 Å². The van der Waals surface area contributed by atoms with Crippen molar-refractivity contribution in [3.63, 3.8) is 0 Å². The quantitative estimate of drug-likeness (QED) is 0.887. The average molecular weight is 276 g/mol. The van der Waals surface area contributed by atoms with Crippen molar-refractivity contribution in [1.29, 1.82) is 0 Å². The highest BCUT2D eigenvalue weighted by Crippen LogP contribution is 2.45. The second kappa shape index (κ2) is 5.17. The predicted octanol–water partition coefficient (Wildman–Crippen LogP) is 2.45. The van der Waals surface area contributed by atoms with Gasteiger partial charge in [0.15, 0.2) is 0 Å². The molecule has 2 aliphatic rings. The minimum atomic E-state index is -0.331. The Hall–Kier alpha value is -1.42. The molecule has 2 atom stereocenters. The standard InChI is InChI=1S/C16H21FN2O/c17-13-5-2-4-12(10-13)16(7-8-16)19-15(20)9-11-3-1-6-14(11)18/h2,4-5,10-11,14H,1,3,6-9,18H2,(H,19,20)/t11-,14+/m0/s1. The van der Waals surface area contributed by atoms with E-state index in [-0.39, 0.29) is 23.3 Å². The van der Waals surface area contributed by atoms with Crippen LogP contribution < -0.4 is 11.1 Å². The normalized spacial score (nSPS) is 27.3. The lowest BCUT2D eigenvalue weighted by atomic mass is 9.98. The highest BCUT2D eigenvalue weighted by Gasteiger charge is 2.46. The fourth-order valence-electron chi connectivity index (χ4n) is 3.27. The first kappa shape index (κ1) is 13.6. The van der Waals surface area contributed by atoms with E-state index in [1.165, 1.54) is 12.1 Å². The van der Waals surface area contributed by atoms with Gasteiger partial charge in [-0.15, -0.1) is 0 Å². The highest BCUT2D eigenvalue weighted by atomic mass is 19.1. The molecule has 1 aromatic rings. The largest absolute Gasteiger partial charge is 0.347 e. The lowest BCUT2D eigenvalue weighted by Gasteiger charge is -2.21. The van der Waals surface area contributed by atoms with Crippen LogP contribution >= 0.6 is 0 Å². The number of rotatable bonds is 4. The first-order chi connectivity index (χ1) is 9.59. The van der Waals surface area contributed by atoms with Gasteiger partial charge in [-0.25, -0.2) is 4.39 Å². The third kappa shape index (κ3) is 2.70. The Balaban J connectivity index is 1.63.